The fourth-order valence-corrected chi connectivity index (χ4v) is 3.70. The monoisotopic (exact) mass is 389 g/mol. The summed E-state index contributed by atoms with van der Waals surface area (Å²) in [5.41, 5.74) is 5.13. The normalized spacial score (nSPS) is 16.6. The number of halogens is 1. The maximum atomic E-state index is 8.60. The SMILES string of the molecule is CN=C(c1ccccc1)C1C(=N)CCc2cnc(Nc3ccccc3Cl)nc21. The number of nitrogens with zero attached hydrogens (tertiary/aromatic N) is 3. The molecule has 1 atom stereocenters. The van der Waals surface area contributed by atoms with Crippen molar-refractivity contribution < 1.29 is 0 Å². The molecule has 0 aliphatic heterocycles. The van der Waals surface area contributed by atoms with Gasteiger partial charge in [0, 0.05) is 19.0 Å². The molecular weight excluding hydrogens is 370 g/mol. The van der Waals surface area contributed by atoms with Gasteiger partial charge in [-0.15, -0.1) is 0 Å². The Bertz CT molecular complexity index is 1050. The number of nitrogens with one attached hydrogen (secondary N) is 2. The van der Waals surface area contributed by atoms with Crippen LogP contribution < -0.4 is 5.32 Å². The molecule has 5 nitrogen and oxygen atoms in total. The van der Waals surface area contributed by atoms with Crippen molar-refractivity contribution in [2.24, 2.45) is 4.99 Å². The molecule has 2 aromatic carbocycles. The van der Waals surface area contributed by atoms with Crippen LogP contribution in [0.2, 0.25) is 5.02 Å². The summed E-state index contributed by atoms with van der Waals surface area (Å²) in [6.07, 6.45) is 3.30. The van der Waals surface area contributed by atoms with E-state index < -0.39 is 0 Å². The van der Waals surface area contributed by atoms with Crippen LogP contribution in [0.4, 0.5) is 11.6 Å². The summed E-state index contributed by atoms with van der Waals surface area (Å²) in [7, 11) is 1.77. The molecule has 3 aromatic rings. The van der Waals surface area contributed by atoms with Gasteiger partial charge in [0.25, 0.3) is 0 Å². The maximum absolute atomic E-state index is 8.60. The van der Waals surface area contributed by atoms with Crippen molar-refractivity contribution >= 4 is 34.7 Å². The lowest BCUT2D eigenvalue weighted by atomic mass is 9.80. The van der Waals surface area contributed by atoms with Gasteiger partial charge in [-0.3, -0.25) is 4.99 Å². The predicted octanol–water partition coefficient (Wildman–Crippen LogP) is 5.04. The number of para-hydroxylation sites is 1. The molecule has 1 aromatic heterocycles. The lowest BCUT2D eigenvalue weighted by Gasteiger charge is -2.27. The van der Waals surface area contributed by atoms with E-state index in [2.05, 4.69) is 15.3 Å². The van der Waals surface area contributed by atoms with Crippen LogP contribution in [-0.2, 0) is 6.42 Å². The summed E-state index contributed by atoms with van der Waals surface area (Å²) >= 11 is 6.25. The second-order valence-corrected chi connectivity index (χ2v) is 7.05. The van der Waals surface area contributed by atoms with Crippen molar-refractivity contribution in [1.29, 1.82) is 5.41 Å². The van der Waals surface area contributed by atoms with E-state index in [9.17, 15) is 0 Å². The van der Waals surface area contributed by atoms with E-state index in [4.69, 9.17) is 22.0 Å². The van der Waals surface area contributed by atoms with E-state index >= 15 is 0 Å². The molecule has 1 aliphatic carbocycles. The van der Waals surface area contributed by atoms with Crippen LogP contribution in [0, 0.1) is 5.41 Å². The highest BCUT2D eigenvalue weighted by atomic mass is 35.5. The van der Waals surface area contributed by atoms with Gasteiger partial charge in [-0.1, -0.05) is 54.1 Å². The Hall–Kier alpha value is -3.05. The third-order valence-electron chi connectivity index (χ3n) is 4.89. The zero-order valence-electron chi connectivity index (χ0n) is 15.5. The van der Waals surface area contributed by atoms with E-state index in [1.807, 2.05) is 60.8 Å². The smallest absolute Gasteiger partial charge is 0.227 e. The molecule has 2 N–H and O–H groups in total. The Morgan fingerprint density at radius 1 is 1.11 bits per heavy atom. The number of fused-ring (bicyclic) bond motifs is 1. The number of benzene rings is 2. The van der Waals surface area contributed by atoms with Crippen molar-refractivity contribution in [1.82, 2.24) is 9.97 Å². The van der Waals surface area contributed by atoms with E-state index in [1.165, 1.54) is 0 Å². The molecule has 1 heterocycles. The summed E-state index contributed by atoms with van der Waals surface area (Å²) in [4.78, 5) is 13.8. The van der Waals surface area contributed by atoms with E-state index in [0.717, 1.165) is 34.6 Å². The fourth-order valence-electron chi connectivity index (χ4n) is 3.51. The number of rotatable bonds is 4. The highest BCUT2D eigenvalue weighted by Crippen LogP contribution is 2.32. The number of anilines is 2. The third-order valence-corrected chi connectivity index (χ3v) is 5.22. The molecule has 0 bridgehead atoms. The third kappa shape index (κ3) is 3.53. The van der Waals surface area contributed by atoms with Crippen LogP contribution in [0.15, 0.2) is 65.8 Å². The van der Waals surface area contributed by atoms with Crippen LogP contribution in [-0.4, -0.2) is 28.4 Å². The van der Waals surface area contributed by atoms with Gasteiger partial charge in [0.1, 0.15) is 0 Å². The second kappa shape index (κ2) is 7.90. The lowest BCUT2D eigenvalue weighted by molar-refractivity contribution is 0.853. The number of aliphatic imine (C=N–C) groups is 1. The molecule has 0 fully saturated rings. The standard InChI is InChI=1S/C22H20ClN5/c1-25-20(14-7-3-2-4-8-14)19-17(24)12-11-15-13-26-22(28-21(15)19)27-18-10-6-5-9-16(18)23/h2-10,13,19,24H,11-12H2,1H3,(H,26,27,28). The molecule has 0 radical (unpaired) electrons. The first-order valence-electron chi connectivity index (χ1n) is 9.14. The molecule has 0 saturated carbocycles. The van der Waals surface area contributed by atoms with Crippen molar-refractivity contribution in [3.63, 3.8) is 0 Å². The Morgan fingerprint density at radius 2 is 1.86 bits per heavy atom. The van der Waals surface area contributed by atoms with Gasteiger partial charge in [0.2, 0.25) is 5.95 Å². The van der Waals surface area contributed by atoms with Crippen molar-refractivity contribution in [2.75, 3.05) is 12.4 Å². The number of hydrogen-bond donors (Lipinski definition) is 2. The van der Waals surface area contributed by atoms with Crippen LogP contribution in [0.1, 0.15) is 29.2 Å². The molecule has 140 valence electrons. The molecule has 0 saturated heterocycles. The molecular formula is C22H20ClN5. The molecule has 4 rings (SSSR count). The van der Waals surface area contributed by atoms with Gasteiger partial charge in [-0.2, -0.15) is 0 Å². The second-order valence-electron chi connectivity index (χ2n) is 6.64. The number of aryl methyl sites for hydroxylation is 1. The predicted molar refractivity (Wildman–Crippen MR) is 114 cm³/mol. The highest BCUT2D eigenvalue weighted by molar-refractivity contribution is 6.33. The zero-order valence-corrected chi connectivity index (χ0v) is 16.2. The van der Waals surface area contributed by atoms with Gasteiger partial charge in [-0.05, 0) is 36.1 Å². The van der Waals surface area contributed by atoms with Crippen LogP contribution in [0.5, 0.6) is 0 Å². The molecule has 28 heavy (non-hydrogen) atoms. The summed E-state index contributed by atoms with van der Waals surface area (Å²) in [6, 6.07) is 17.5. The van der Waals surface area contributed by atoms with Crippen LogP contribution in [0.25, 0.3) is 0 Å². The Kier molecular flexibility index (Phi) is 5.17. The minimum absolute atomic E-state index is 0.272. The lowest BCUT2D eigenvalue weighted by Crippen LogP contribution is -2.29. The van der Waals surface area contributed by atoms with Gasteiger partial charge >= 0.3 is 0 Å². The first-order chi connectivity index (χ1) is 13.7. The Balaban J connectivity index is 1.75. The van der Waals surface area contributed by atoms with Crippen molar-refractivity contribution in [2.45, 2.75) is 18.8 Å². The van der Waals surface area contributed by atoms with Crippen LogP contribution >= 0.6 is 11.6 Å². The average molecular weight is 390 g/mol. The Labute approximate surface area is 169 Å². The molecule has 0 amide bonds. The first-order valence-corrected chi connectivity index (χ1v) is 9.52. The molecule has 6 heteroatoms. The van der Waals surface area contributed by atoms with Gasteiger partial charge in [0.15, 0.2) is 0 Å². The fraction of sp³-hybridized carbons (Fsp3) is 0.182. The largest absolute Gasteiger partial charge is 0.323 e. The topological polar surface area (TPSA) is 74.0 Å². The quantitative estimate of drug-likeness (QED) is 0.613. The number of aromatic nitrogens is 2. The zero-order chi connectivity index (χ0) is 19.5. The molecule has 0 spiro atoms. The van der Waals surface area contributed by atoms with Crippen molar-refractivity contribution in [3.05, 3.63) is 82.6 Å². The summed E-state index contributed by atoms with van der Waals surface area (Å²) in [6.45, 7) is 0. The summed E-state index contributed by atoms with van der Waals surface area (Å²) in [5, 5.41) is 12.4. The van der Waals surface area contributed by atoms with Gasteiger partial charge in [-0.25, -0.2) is 9.97 Å². The van der Waals surface area contributed by atoms with E-state index in [1.54, 1.807) is 7.05 Å². The van der Waals surface area contributed by atoms with E-state index in [0.29, 0.717) is 23.1 Å². The van der Waals surface area contributed by atoms with E-state index in [-0.39, 0.29) is 5.92 Å². The van der Waals surface area contributed by atoms with Crippen molar-refractivity contribution in [3.8, 4) is 0 Å². The minimum atomic E-state index is -0.272. The minimum Gasteiger partial charge on any atom is -0.323 e. The first kappa shape index (κ1) is 18.3. The maximum Gasteiger partial charge on any atom is 0.227 e. The Morgan fingerprint density at radius 3 is 2.61 bits per heavy atom. The van der Waals surface area contributed by atoms with Gasteiger partial charge in [0.05, 0.1) is 28.0 Å². The molecule has 1 aliphatic rings. The average Bonchev–Trinajstić information content (AvgIpc) is 2.73. The molecule has 1 unspecified atom stereocenters. The highest BCUT2D eigenvalue weighted by Gasteiger charge is 2.31. The van der Waals surface area contributed by atoms with Gasteiger partial charge < -0.3 is 10.7 Å². The number of hydrogen-bond acceptors (Lipinski definition) is 5. The summed E-state index contributed by atoms with van der Waals surface area (Å²) in [5.74, 6) is 0.195. The summed E-state index contributed by atoms with van der Waals surface area (Å²) < 4.78 is 0. The van der Waals surface area contributed by atoms with Crippen LogP contribution in [0.3, 0.4) is 0 Å².